The van der Waals surface area contributed by atoms with Crippen LogP contribution in [-0.4, -0.2) is 59.2 Å². The van der Waals surface area contributed by atoms with Crippen LogP contribution in [0.15, 0.2) is 18.2 Å². The van der Waals surface area contributed by atoms with Crippen molar-refractivity contribution < 1.29 is 9.59 Å². The summed E-state index contributed by atoms with van der Waals surface area (Å²) in [5.74, 6) is 0.694. The van der Waals surface area contributed by atoms with Gasteiger partial charge in [0.25, 0.3) is 0 Å². The lowest BCUT2D eigenvalue weighted by molar-refractivity contribution is -0.134. The number of hydrogen-bond donors (Lipinski definition) is 2. The van der Waals surface area contributed by atoms with Crippen molar-refractivity contribution >= 4 is 47.5 Å². The average Bonchev–Trinajstić information content (AvgIpc) is 3.11. The second kappa shape index (κ2) is 11.2. The fraction of sp³-hybridized carbons (Fsp3) is 0.625. The van der Waals surface area contributed by atoms with E-state index in [2.05, 4.69) is 38.8 Å². The standard InChI is InChI=1S/C24H33N5O2.2ClH/c1-28-21-14-18(17-8-12-29(13-9-17)15-16-6-10-25-11-7-16)2-3-19(21)23(27-28)20-4-5-22(30)26-24(20)31;;/h2-3,14,16-17,20,25H,4-13,15H2,1H3,(H,26,30,31);2*1H. The van der Waals surface area contributed by atoms with Gasteiger partial charge in [-0.25, -0.2) is 0 Å². The van der Waals surface area contributed by atoms with Gasteiger partial charge in [-0.3, -0.25) is 19.6 Å². The van der Waals surface area contributed by atoms with E-state index in [-0.39, 0.29) is 42.5 Å². The van der Waals surface area contributed by atoms with Crippen LogP contribution in [0.3, 0.4) is 0 Å². The molecule has 5 rings (SSSR count). The molecule has 1 unspecified atom stereocenters. The molecular weight excluding hydrogens is 461 g/mol. The highest BCUT2D eigenvalue weighted by molar-refractivity contribution is 6.02. The minimum absolute atomic E-state index is 0. The van der Waals surface area contributed by atoms with Gasteiger partial charge in [0.15, 0.2) is 0 Å². The Morgan fingerprint density at radius 2 is 1.76 bits per heavy atom. The van der Waals surface area contributed by atoms with E-state index >= 15 is 0 Å². The van der Waals surface area contributed by atoms with Crippen molar-refractivity contribution in [1.82, 2.24) is 25.3 Å². The summed E-state index contributed by atoms with van der Waals surface area (Å²) < 4.78 is 1.89. The quantitative estimate of drug-likeness (QED) is 0.636. The zero-order valence-corrected chi connectivity index (χ0v) is 20.8. The van der Waals surface area contributed by atoms with E-state index in [1.54, 1.807) is 0 Å². The Bertz CT molecular complexity index is 981. The molecule has 0 bridgehead atoms. The normalized spacial score (nSPS) is 23.1. The number of benzene rings is 1. The number of amides is 2. The topological polar surface area (TPSA) is 79.3 Å². The molecule has 3 fully saturated rings. The maximum Gasteiger partial charge on any atom is 0.235 e. The second-order valence-corrected chi connectivity index (χ2v) is 9.56. The predicted octanol–water partition coefficient (Wildman–Crippen LogP) is 3.12. The molecule has 2 N–H and O–H groups in total. The van der Waals surface area contributed by atoms with Crippen LogP contribution < -0.4 is 10.6 Å². The van der Waals surface area contributed by atoms with Crippen molar-refractivity contribution in [2.24, 2.45) is 13.0 Å². The Morgan fingerprint density at radius 1 is 1.03 bits per heavy atom. The highest BCUT2D eigenvalue weighted by Gasteiger charge is 2.32. The van der Waals surface area contributed by atoms with Crippen molar-refractivity contribution in [3.63, 3.8) is 0 Å². The number of nitrogens with zero attached hydrogens (tertiary/aromatic N) is 3. The van der Waals surface area contributed by atoms with Gasteiger partial charge in [-0.1, -0.05) is 12.1 Å². The molecule has 1 aromatic heterocycles. The molecule has 3 aliphatic heterocycles. The van der Waals surface area contributed by atoms with Crippen molar-refractivity contribution in [2.75, 3.05) is 32.7 Å². The SMILES string of the molecule is Cl.Cl.Cn1nc(C2CCC(=O)NC2=O)c2ccc(C3CCN(CC4CCNCC4)CC3)cc21. The molecule has 1 atom stereocenters. The molecule has 0 spiro atoms. The largest absolute Gasteiger partial charge is 0.317 e. The predicted molar refractivity (Wildman–Crippen MR) is 134 cm³/mol. The molecule has 9 heteroatoms. The number of rotatable bonds is 4. The maximum atomic E-state index is 12.4. The molecule has 3 aliphatic rings. The molecule has 182 valence electrons. The van der Waals surface area contributed by atoms with Gasteiger partial charge < -0.3 is 10.2 Å². The van der Waals surface area contributed by atoms with E-state index in [0.717, 1.165) is 22.5 Å². The highest BCUT2D eigenvalue weighted by atomic mass is 35.5. The number of aromatic nitrogens is 2. The molecular formula is C24H35Cl2N5O2. The van der Waals surface area contributed by atoms with Gasteiger partial charge in [0, 0.05) is 25.4 Å². The minimum atomic E-state index is -0.342. The summed E-state index contributed by atoms with van der Waals surface area (Å²) in [4.78, 5) is 26.5. The Labute approximate surface area is 207 Å². The molecule has 0 radical (unpaired) electrons. The van der Waals surface area contributed by atoms with E-state index in [1.807, 2.05) is 11.7 Å². The number of fused-ring (bicyclic) bond motifs is 1. The summed E-state index contributed by atoms with van der Waals surface area (Å²) in [5, 5.41) is 11.6. The fourth-order valence-electron chi connectivity index (χ4n) is 5.65. The summed E-state index contributed by atoms with van der Waals surface area (Å²) in [6.07, 6.45) is 5.94. The van der Waals surface area contributed by atoms with Crippen LogP contribution >= 0.6 is 24.8 Å². The number of carbonyl (C=O) groups excluding carboxylic acids is 2. The molecule has 33 heavy (non-hydrogen) atoms. The minimum Gasteiger partial charge on any atom is -0.317 e. The Kier molecular flexibility index (Phi) is 8.78. The van der Waals surface area contributed by atoms with E-state index in [4.69, 9.17) is 0 Å². The fourth-order valence-corrected chi connectivity index (χ4v) is 5.65. The first-order valence-electron chi connectivity index (χ1n) is 11.8. The van der Waals surface area contributed by atoms with Crippen molar-refractivity contribution in [3.05, 3.63) is 29.5 Å². The van der Waals surface area contributed by atoms with Gasteiger partial charge in [-0.2, -0.15) is 5.10 Å². The smallest absolute Gasteiger partial charge is 0.235 e. The number of imide groups is 1. The van der Waals surface area contributed by atoms with Crippen LogP contribution in [0.25, 0.3) is 10.9 Å². The number of likely N-dealkylation sites (tertiary alicyclic amines) is 1. The molecule has 7 nitrogen and oxygen atoms in total. The number of hydrogen-bond acceptors (Lipinski definition) is 5. The lowest BCUT2D eigenvalue weighted by Gasteiger charge is -2.35. The monoisotopic (exact) mass is 495 g/mol. The van der Waals surface area contributed by atoms with Crippen LogP contribution in [0.4, 0.5) is 0 Å². The van der Waals surface area contributed by atoms with Crippen LogP contribution in [0.1, 0.15) is 61.6 Å². The van der Waals surface area contributed by atoms with Gasteiger partial charge in [-0.15, -0.1) is 24.8 Å². The van der Waals surface area contributed by atoms with Gasteiger partial charge in [0.05, 0.1) is 17.1 Å². The maximum absolute atomic E-state index is 12.4. The van der Waals surface area contributed by atoms with Crippen LogP contribution in [0.2, 0.25) is 0 Å². The van der Waals surface area contributed by atoms with Crippen molar-refractivity contribution in [2.45, 2.75) is 50.4 Å². The van der Waals surface area contributed by atoms with Gasteiger partial charge in [0.2, 0.25) is 11.8 Å². The average molecular weight is 496 g/mol. The van der Waals surface area contributed by atoms with Crippen LogP contribution in [-0.2, 0) is 16.6 Å². The third-order valence-electron chi connectivity index (χ3n) is 7.51. The molecule has 2 amide bonds. The molecule has 0 saturated carbocycles. The first kappa shape index (κ1) is 25.9. The molecule has 2 aromatic rings. The Morgan fingerprint density at radius 3 is 2.45 bits per heavy atom. The van der Waals surface area contributed by atoms with Gasteiger partial charge >= 0.3 is 0 Å². The summed E-state index contributed by atoms with van der Waals surface area (Å²) >= 11 is 0. The van der Waals surface area contributed by atoms with E-state index < -0.39 is 0 Å². The first-order valence-corrected chi connectivity index (χ1v) is 11.8. The van der Waals surface area contributed by atoms with Crippen LogP contribution in [0, 0.1) is 5.92 Å². The van der Waals surface area contributed by atoms with Crippen molar-refractivity contribution in [1.29, 1.82) is 0 Å². The third-order valence-corrected chi connectivity index (χ3v) is 7.51. The summed E-state index contributed by atoms with van der Waals surface area (Å²) in [6.45, 7) is 5.96. The van der Waals surface area contributed by atoms with Crippen LogP contribution in [0.5, 0.6) is 0 Å². The number of nitrogens with one attached hydrogen (secondary N) is 2. The number of piperidine rings is 3. The Hall–Kier alpha value is -1.67. The summed E-state index contributed by atoms with van der Waals surface area (Å²) in [5.41, 5.74) is 3.26. The molecule has 0 aliphatic carbocycles. The number of halogens is 2. The van der Waals surface area contributed by atoms with E-state index in [9.17, 15) is 9.59 Å². The van der Waals surface area contributed by atoms with Crippen molar-refractivity contribution in [3.8, 4) is 0 Å². The summed E-state index contributed by atoms with van der Waals surface area (Å²) in [7, 11) is 1.95. The third kappa shape index (κ3) is 5.53. The zero-order valence-electron chi connectivity index (χ0n) is 19.2. The zero-order chi connectivity index (χ0) is 21.4. The van der Waals surface area contributed by atoms with Gasteiger partial charge in [0.1, 0.15) is 0 Å². The highest BCUT2D eigenvalue weighted by Crippen LogP contribution is 2.34. The van der Waals surface area contributed by atoms with E-state index in [0.29, 0.717) is 18.8 Å². The lowest BCUT2D eigenvalue weighted by atomic mass is 9.87. The Balaban J connectivity index is 0.00000153. The molecule has 3 saturated heterocycles. The molecule has 1 aromatic carbocycles. The number of carbonyl (C=O) groups is 2. The van der Waals surface area contributed by atoms with E-state index in [1.165, 1.54) is 64.0 Å². The van der Waals surface area contributed by atoms with Gasteiger partial charge in [-0.05, 0) is 81.7 Å². The lowest BCUT2D eigenvalue weighted by Crippen LogP contribution is -2.39. The number of aryl methyl sites for hydroxylation is 1. The second-order valence-electron chi connectivity index (χ2n) is 9.56. The molecule has 4 heterocycles. The first-order chi connectivity index (χ1) is 15.1. The summed E-state index contributed by atoms with van der Waals surface area (Å²) in [6, 6.07) is 6.63.